The number of nitrogens with one attached hydrogen (secondary N) is 2. The summed E-state index contributed by atoms with van der Waals surface area (Å²) in [5.41, 5.74) is 0. The molecule has 0 atom stereocenters. The number of nitrogens with zero attached hydrogens (tertiary/aromatic N) is 2. The third kappa shape index (κ3) is 4.08. The van der Waals surface area contributed by atoms with Crippen LogP contribution in [0.3, 0.4) is 0 Å². The van der Waals surface area contributed by atoms with Gasteiger partial charge in [-0.25, -0.2) is 9.97 Å². The maximum absolute atomic E-state index is 5.91. The Morgan fingerprint density at radius 2 is 1.89 bits per heavy atom. The Morgan fingerprint density at radius 3 is 2.47 bits per heavy atom. The van der Waals surface area contributed by atoms with Gasteiger partial charge in [-0.2, -0.15) is 0 Å². The van der Waals surface area contributed by atoms with E-state index in [9.17, 15) is 0 Å². The summed E-state index contributed by atoms with van der Waals surface area (Å²) < 4.78 is 0.807. The number of thiophene rings is 1. The fourth-order valence-corrected chi connectivity index (χ4v) is 2.67. The topological polar surface area (TPSA) is 49.8 Å². The van der Waals surface area contributed by atoms with Crippen LogP contribution in [0, 0.1) is 0 Å². The van der Waals surface area contributed by atoms with E-state index >= 15 is 0 Å². The lowest BCUT2D eigenvalue weighted by Crippen LogP contribution is -2.07. The molecular formula is C13H17ClN4S. The summed E-state index contributed by atoms with van der Waals surface area (Å²) in [5.74, 6) is 2.54. The molecule has 0 saturated carbocycles. The van der Waals surface area contributed by atoms with Gasteiger partial charge in [0.1, 0.15) is 17.5 Å². The Bertz CT molecular complexity index is 541. The van der Waals surface area contributed by atoms with E-state index in [4.69, 9.17) is 11.6 Å². The van der Waals surface area contributed by atoms with Crippen LogP contribution in [0.15, 0.2) is 18.2 Å². The van der Waals surface area contributed by atoms with Gasteiger partial charge in [0.25, 0.3) is 0 Å². The Hall–Kier alpha value is -1.33. The Labute approximate surface area is 122 Å². The fourth-order valence-electron chi connectivity index (χ4n) is 1.64. The van der Waals surface area contributed by atoms with Gasteiger partial charge in [0.15, 0.2) is 0 Å². The standard InChI is InChI=1S/C13H17ClN4S/c1-3-11-17-12(15-4-2)7-13(18-11)16-8-9-5-6-10(14)19-9/h5-7H,3-4,8H2,1-2H3,(H2,15,16,17,18). The molecule has 0 aromatic carbocycles. The molecule has 102 valence electrons. The van der Waals surface area contributed by atoms with Gasteiger partial charge < -0.3 is 10.6 Å². The van der Waals surface area contributed by atoms with E-state index in [1.807, 2.05) is 25.1 Å². The number of hydrogen-bond donors (Lipinski definition) is 2. The van der Waals surface area contributed by atoms with Gasteiger partial charge in [-0.05, 0) is 19.1 Å². The van der Waals surface area contributed by atoms with Crippen molar-refractivity contribution in [1.82, 2.24) is 9.97 Å². The predicted molar refractivity (Wildman–Crippen MR) is 82.2 cm³/mol. The van der Waals surface area contributed by atoms with Crippen LogP contribution in [0.4, 0.5) is 11.6 Å². The van der Waals surface area contributed by atoms with Crippen LogP contribution in [0.2, 0.25) is 4.34 Å². The summed E-state index contributed by atoms with van der Waals surface area (Å²) in [6, 6.07) is 5.86. The molecule has 0 aliphatic carbocycles. The van der Waals surface area contributed by atoms with Crippen LogP contribution in [0.1, 0.15) is 24.5 Å². The van der Waals surface area contributed by atoms with Crippen molar-refractivity contribution >= 4 is 34.6 Å². The van der Waals surface area contributed by atoms with E-state index in [0.717, 1.165) is 41.3 Å². The summed E-state index contributed by atoms with van der Waals surface area (Å²) >= 11 is 7.49. The lowest BCUT2D eigenvalue weighted by molar-refractivity contribution is 0.931. The van der Waals surface area contributed by atoms with Gasteiger partial charge in [0.2, 0.25) is 0 Å². The number of hydrogen-bond acceptors (Lipinski definition) is 5. The SMILES string of the molecule is CCNc1cc(NCc2ccc(Cl)s2)nc(CC)n1. The fraction of sp³-hybridized carbons (Fsp3) is 0.385. The molecule has 0 amide bonds. The van der Waals surface area contributed by atoms with E-state index in [-0.39, 0.29) is 0 Å². The highest BCUT2D eigenvalue weighted by molar-refractivity contribution is 7.16. The molecule has 2 heterocycles. The van der Waals surface area contributed by atoms with Crippen molar-refractivity contribution in [2.24, 2.45) is 0 Å². The molecule has 0 spiro atoms. The maximum Gasteiger partial charge on any atom is 0.132 e. The molecule has 0 fully saturated rings. The minimum Gasteiger partial charge on any atom is -0.370 e. The molecule has 4 nitrogen and oxygen atoms in total. The van der Waals surface area contributed by atoms with Crippen LogP contribution < -0.4 is 10.6 Å². The molecule has 2 aromatic rings. The monoisotopic (exact) mass is 296 g/mol. The van der Waals surface area contributed by atoms with Crippen molar-refractivity contribution in [3.05, 3.63) is 33.2 Å². The van der Waals surface area contributed by atoms with Gasteiger partial charge in [-0.1, -0.05) is 18.5 Å². The molecule has 0 aliphatic rings. The molecule has 2 rings (SSSR count). The molecule has 2 N–H and O–H groups in total. The molecule has 6 heteroatoms. The van der Waals surface area contributed by atoms with E-state index in [1.54, 1.807) is 11.3 Å². The quantitative estimate of drug-likeness (QED) is 0.851. The van der Waals surface area contributed by atoms with Gasteiger partial charge in [-0.15, -0.1) is 11.3 Å². The highest BCUT2D eigenvalue weighted by Crippen LogP contribution is 2.22. The molecule has 0 unspecified atom stereocenters. The highest BCUT2D eigenvalue weighted by atomic mass is 35.5. The highest BCUT2D eigenvalue weighted by Gasteiger charge is 2.04. The summed E-state index contributed by atoms with van der Waals surface area (Å²) in [6.45, 7) is 5.67. The minimum atomic E-state index is 0.725. The summed E-state index contributed by atoms with van der Waals surface area (Å²) in [4.78, 5) is 10.1. The summed E-state index contributed by atoms with van der Waals surface area (Å²) in [7, 11) is 0. The molecule has 2 aromatic heterocycles. The molecule has 19 heavy (non-hydrogen) atoms. The molecule has 0 bridgehead atoms. The van der Waals surface area contributed by atoms with Gasteiger partial charge in [0, 0.05) is 23.9 Å². The smallest absolute Gasteiger partial charge is 0.132 e. The van der Waals surface area contributed by atoms with Crippen molar-refractivity contribution in [3.63, 3.8) is 0 Å². The van der Waals surface area contributed by atoms with Gasteiger partial charge in [0.05, 0.1) is 10.9 Å². The van der Waals surface area contributed by atoms with E-state index in [0.29, 0.717) is 0 Å². The minimum absolute atomic E-state index is 0.725. The predicted octanol–water partition coefficient (Wildman–Crippen LogP) is 3.80. The number of aromatic nitrogens is 2. The average molecular weight is 297 g/mol. The Morgan fingerprint density at radius 1 is 1.16 bits per heavy atom. The van der Waals surface area contributed by atoms with Crippen molar-refractivity contribution in [3.8, 4) is 0 Å². The Balaban J connectivity index is 2.08. The maximum atomic E-state index is 5.91. The third-order valence-electron chi connectivity index (χ3n) is 2.52. The number of aryl methyl sites for hydroxylation is 1. The van der Waals surface area contributed by atoms with Crippen LogP contribution in [-0.2, 0) is 13.0 Å². The van der Waals surface area contributed by atoms with Crippen LogP contribution in [-0.4, -0.2) is 16.5 Å². The Kier molecular flexibility index (Phi) is 4.99. The second-order valence-electron chi connectivity index (χ2n) is 4.00. The van der Waals surface area contributed by atoms with Gasteiger partial charge >= 0.3 is 0 Å². The van der Waals surface area contributed by atoms with Crippen LogP contribution in [0.5, 0.6) is 0 Å². The van der Waals surface area contributed by atoms with Gasteiger partial charge in [-0.3, -0.25) is 0 Å². The molecule has 0 radical (unpaired) electrons. The lowest BCUT2D eigenvalue weighted by Gasteiger charge is -2.09. The molecule has 0 saturated heterocycles. The second kappa shape index (κ2) is 6.73. The first-order chi connectivity index (χ1) is 9.21. The zero-order chi connectivity index (χ0) is 13.7. The van der Waals surface area contributed by atoms with Crippen molar-refractivity contribution < 1.29 is 0 Å². The number of halogens is 1. The second-order valence-corrected chi connectivity index (χ2v) is 5.80. The first-order valence-electron chi connectivity index (χ1n) is 6.31. The molecular weight excluding hydrogens is 280 g/mol. The van der Waals surface area contributed by atoms with Crippen molar-refractivity contribution in [2.75, 3.05) is 17.2 Å². The van der Waals surface area contributed by atoms with E-state index in [2.05, 4.69) is 27.5 Å². The number of rotatable bonds is 6. The first kappa shape index (κ1) is 14.1. The summed E-state index contributed by atoms with van der Waals surface area (Å²) in [5, 5.41) is 6.52. The molecule has 0 aliphatic heterocycles. The first-order valence-corrected chi connectivity index (χ1v) is 7.50. The zero-order valence-electron chi connectivity index (χ0n) is 11.0. The van der Waals surface area contributed by atoms with Crippen LogP contribution in [0.25, 0.3) is 0 Å². The van der Waals surface area contributed by atoms with E-state index in [1.165, 1.54) is 4.88 Å². The van der Waals surface area contributed by atoms with Crippen molar-refractivity contribution in [1.29, 1.82) is 0 Å². The van der Waals surface area contributed by atoms with Crippen molar-refractivity contribution in [2.45, 2.75) is 26.8 Å². The lowest BCUT2D eigenvalue weighted by atomic mass is 10.4. The zero-order valence-corrected chi connectivity index (χ0v) is 12.6. The third-order valence-corrected chi connectivity index (χ3v) is 3.75. The largest absolute Gasteiger partial charge is 0.370 e. The normalized spacial score (nSPS) is 10.5. The summed E-state index contributed by atoms with van der Waals surface area (Å²) in [6.07, 6.45) is 0.818. The van der Waals surface area contributed by atoms with E-state index < -0.39 is 0 Å². The van der Waals surface area contributed by atoms with Crippen LogP contribution >= 0.6 is 22.9 Å². The average Bonchev–Trinajstić information content (AvgIpc) is 2.82. The number of anilines is 2.